The number of hydrogen-bond acceptors (Lipinski definition) is 3. The molecule has 0 aromatic rings. The van der Waals surface area contributed by atoms with Gasteiger partial charge in [-0.2, -0.15) is 0 Å². The summed E-state index contributed by atoms with van der Waals surface area (Å²) >= 11 is 14.1. The molecule has 0 radical (unpaired) electrons. The van der Waals surface area contributed by atoms with Gasteiger partial charge in [-0.15, -0.1) is 23.2 Å². The molecule has 4 aliphatic carbocycles. The summed E-state index contributed by atoms with van der Waals surface area (Å²) in [7, 11) is 0. The van der Waals surface area contributed by atoms with Crippen molar-refractivity contribution in [1.29, 1.82) is 0 Å². The molecule has 0 aromatic carbocycles. The number of ketones is 1. The lowest BCUT2D eigenvalue weighted by Crippen LogP contribution is -2.68. The van der Waals surface area contributed by atoms with E-state index < -0.39 is 50.7 Å². The number of hydrogen-bond donors (Lipinski definition) is 2. The summed E-state index contributed by atoms with van der Waals surface area (Å²) in [6.07, 6.45) is 3.74. The predicted molar refractivity (Wildman–Crippen MR) is 104 cm³/mol. The zero-order valence-electron chi connectivity index (χ0n) is 16.1. The Bertz CT molecular complexity index is 827. The Kier molecular flexibility index (Phi) is 4.24. The largest absolute Gasteiger partial charge is 0.479 e. The Morgan fingerprint density at radius 2 is 1.93 bits per heavy atom. The van der Waals surface area contributed by atoms with Crippen molar-refractivity contribution in [2.45, 2.75) is 62.1 Å². The van der Waals surface area contributed by atoms with Crippen LogP contribution in [-0.2, 0) is 9.59 Å². The number of alkyl halides is 3. The van der Waals surface area contributed by atoms with E-state index in [0.29, 0.717) is 12.0 Å². The van der Waals surface area contributed by atoms with Crippen molar-refractivity contribution in [2.75, 3.05) is 0 Å². The molecule has 3 fully saturated rings. The van der Waals surface area contributed by atoms with Gasteiger partial charge < -0.3 is 10.2 Å². The number of aliphatic hydroxyl groups is 1. The maximum atomic E-state index is 15.3. The van der Waals surface area contributed by atoms with Gasteiger partial charge in [0.15, 0.2) is 11.4 Å². The molecule has 0 bridgehead atoms. The maximum absolute atomic E-state index is 15.3. The van der Waals surface area contributed by atoms with Crippen LogP contribution >= 0.6 is 23.2 Å². The maximum Gasteiger partial charge on any atom is 0.336 e. The number of halogens is 3. The summed E-state index contributed by atoms with van der Waals surface area (Å²) in [6.45, 7) is 5.29. The molecule has 7 heteroatoms. The molecule has 0 saturated heterocycles. The van der Waals surface area contributed by atoms with Crippen molar-refractivity contribution in [2.24, 2.45) is 28.6 Å². The van der Waals surface area contributed by atoms with E-state index in [-0.39, 0.29) is 24.5 Å². The van der Waals surface area contributed by atoms with Crippen LogP contribution in [0.2, 0.25) is 0 Å². The van der Waals surface area contributed by atoms with Crippen molar-refractivity contribution >= 4 is 35.0 Å². The smallest absolute Gasteiger partial charge is 0.336 e. The number of carbonyl (C=O) groups is 2. The standard InChI is InChI=1S/C21H25Cl2FO4/c1-10-6-12-13-8-15(24)14-7-11(25)4-5-18(14,2)20(13,23)16(22)9-19(12,3)21(10,28)17(26)27/h4-5,7,10,12-13,15-16,28H,6,8-9H2,1-3H3,(H,26,27)/t10-,12+,13+,15+,16+,18+,19+,20+,21+/m1/s1. The Morgan fingerprint density at radius 3 is 2.54 bits per heavy atom. The number of aliphatic carboxylic acids is 1. The van der Waals surface area contributed by atoms with E-state index in [2.05, 4.69) is 0 Å². The van der Waals surface area contributed by atoms with Gasteiger partial charge in [-0.05, 0) is 54.7 Å². The van der Waals surface area contributed by atoms with Crippen LogP contribution in [0.5, 0.6) is 0 Å². The molecule has 4 nitrogen and oxygen atoms in total. The van der Waals surface area contributed by atoms with Gasteiger partial charge >= 0.3 is 5.97 Å². The fraction of sp³-hybridized carbons (Fsp3) is 0.714. The third-order valence-electron chi connectivity index (χ3n) is 8.49. The molecule has 28 heavy (non-hydrogen) atoms. The monoisotopic (exact) mass is 430 g/mol. The minimum atomic E-state index is -1.94. The number of rotatable bonds is 1. The Morgan fingerprint density at radius 1 is 1.29 bits per heavy atom. The van der Waals surface area contributed by atoms with E-state index in [1.54, 1.807) is 19.9 Å². The second kappa shape index (κ2) is 5.83. The zero-order valence-corrected chi connectivity index (χ0v) is 17.6. The van der Waals surface area contributed by atoms with Crippen molar-refractivity contribution in [3.8, 4) is 0 Å². The average molecular weight is 431 g/mol. The molecule has 0 amide bonds. The average Bonchev–Trinajstić information content (AvgIpc) is 2.81. The van der Waals surface area contributed by atoms with Crippen LogP contribution in [0.15, 0.2) is 23.8 Å². The van der Waals surface area contributed by atoms with Crippen molar-refractivity contribution in [3.63, 3.8) is 0 Å². The zero-order chi connectivity index (χ0) is 20.9. The van der Waals surface area contributed by atoms with E-state index in [4.69, 9.17) is 23.2 Å². The van der Waals surface area contributed by atoms with Crippen molar-refractivity contribution < 1.29 is 24.2 Å². The van der Waals surface area contributed by atoms with Gasteiger partial charge in [-0.3, -0.25) is 4.79 Å². The fourth-order valence-corrected chi connectivity index (χ4v) is 8.13. The number of fused-ring (bicyclic) bond motifs is 5. The molecule has 0 aliphatic heterocycles. The topological polar surface area (TPSA) is 74.6 Å². The molecule has 2 N–H and O–H groups in total. The first-order valence-corrected chi connectivity index (χ1v) is 10.5. The highest BCUT2D eigenvalue weighted by Gasteiger charge is 2.75. The van der Waals surface area contributed by atoms with Crippen LogP contribution in [0, 0.1) is 28.6 Å². The normalized spacial score (nSPS) is 55.2. The SMILES string of the molecule is C[C@@H]1C[C@H]2[C@@H]3C[C@H](F)C4=CC(=O)C=C[C@]4(C)[C@@]3(Cl)[C@@H](Cl)C[C@]2(C)[C@@]1(O)C(=O)O. The summed E-state index contributed by atoms with van der Waals surface area (Å²) in [4.78, 5) is 22.9. The van der Waals surface area contributed by atoms with Crippen LogP contribution in [-0.4, -0.2) is 44.0 Å². The molecule has 4 rings (SSSR count). The van der Waals surface area contributed by atoms with Crippen LogP contribution in [0.25, 0.3) is 0 Å². The molecule has 0 spiro atoms. The number of allylic oxidation sites excluding steroid dienone is 4. The summed E-state index contributed by atoms with van der Waals surface area (Å²) in [5, 5.41) is 20.4. The first-order valence-electron chi connectivity index (χ1n) is 9.72. The highest BCUT2D eigenvalue weighted by atomic mass is 35.5. The van der Waals surface area contributed by atoms with Crippen LogP contribution in [0.4, 0.5) is 4.39 Å². The molecule has 0 aromatic heterocycles. The summed E-state index contributed by atoms with van der Waals surface area (Å²) in [6, 6.07) is 0. The van der Waals surface area contributed by atoms with Crippen molar-refractivity contribution in [3.05, 3.63) is 23.8 Å². The van der Waals surface area contributed by atoms with Gasteiger partial charge in [-0.25, -0.2) is 9.18 Å². The van der Waals surface area contributed by atoms with Gasteiger partial charge in [0.25, 0.3) is 0 Å². The number of carbonyl (C=O) groups excluding carboxylic acids is 1. The fourth-order valence-electron chi connectivity index (χ4n) is 6.93. The minimum Gasteiger partial charge on any atom is -0.479 e. The Labute approximate surface area is 173 Å². The van der Waals surface area contributed by atoms with E-state index in [9.17, 15) is 19.8 Å². The van der Waals surface area contributed by atoms with E-state index in [0.717, 1.165) is 0 Å². The van der Waals surface area contributed by atoms with Gasteiger partial charge in [0.1, 0.15) is 6.17 Å². The molecule has 9 atom stereocenters. The molecular weight excluding hydrogens is 406 g/mol. The summed E-state index contributed by atoms with van der Waals surface area (Å²) in [5.74, 6) is -2.76. The third-order valence-corrected chi connectivity index (χ3v) is 10.0. The first kappa shape index (κ1) is 20.4. The number of carboxylic acid groups (broad SMARTS) is 1. The quantitative estimate of drug-likeness (QED) is 0.618. The molecular formula is C21H25Cl2FO4. The predicted octanol–water partition coefficient (Wildman–Crippen LogP) is 3.88. The van der Waals surface area contributed by atoms with E-state index in [1.807, 2.05) is 6.92 Å². The van der Waals surface area contributed by atoms with Crippen LogP contribution in [0.3, 0.4) is 0 Å². The van der Waals surface area contributed by atoms with Crippen LogP contribution in [0.1, 0.15) is 40.0 Å². The Hall–Kier alpha value is -0.910. The van der Waals surface area contributed by atoms with Gasteiger partial charge in [-0.1, -0.05) is 26.8 Å². The Balaban J connectivity index is 1.88. The summed E-state index contributed by atoms with van der Waals surface area (Å²) < 4.78 is 15.3. The molecule has 154 valence electrons. The second-order valence-corrected chi connectivity index (χ2v) is 10.7. The molecule has 0 heterocycles. The lowest BCUT2D eigenvalue weighted by molar-refractivity contribution is -0.185. The van der Waals surface area contributed by atoms with Gasteiger partial charge in [0, 0.05) is 10.8 Å². The molecule has 4 aliphatic rings. The van der Waals surface area contributed by atoms with Gasteiger partial charge in [0.2, 0.25) is 0 Å². The highest BCUT2D eigenvalue weighted by molar-refractivity contribution is 6.34. The van der Waals surface area contributed by atoms with Crippen LogP contribution < -0.4 is 0 Å². The third kappa shape index (κ3) is 2.06. The lowest BCUT2D eigenvalue weighted by Gasteiger charge is -2.64. The van der Waals surface area contributed by atoms with E-state index in [1.165, 1.54) is 12.2 Å². The number of carboxylic acids is 1. The lowest BCUT2D eigenvalue weighted by atomic mass is 9.46. The first-order chi connectivity index (χ1) is 12.8. The minimum absolute atomic E-state index is 0.0674. The molecule has 0 unspecified atom stereocenters. The summed E-state index contributed by atoms with van der Waals surface area (Å²) in [5.41, 5.74) is -3.56. The molecule has 3 saturated carbocycles. The highest BCUT2D eigenvalue weighted by Crippen LogP contribution is 2.72. The second-order valence-electron chi connectivity index (χ2n) is 9.52. The van der Waals surface area contributed by atoms with Gasteiger partial charge in [0.05, 0.1) is 10.3 Å². The van der Waals surface area contributed by atoms with E-state index >= 15 is 4.39 Å². The van der Waals surface area contributed by atoms with Crippen molar-refractivity contribution in [1.82, 2.24) is 0 Å².